The van der Waals surface area contributed by atoms with Gasteiger partial charge in [0, 0.05) is 17.7 Å². The van der Waals surface area contributed by atoms with E-state index in [9.17, 15) is 18.4 Å². The van der Waals surface area contributed by atoms with Crippen molar-refractivity contribution in [2.24, 2.45) is 7.05 Å². The second-order valence-corrected chi connectivity index (χ2v) is 7.13. The van der Waals surface area contributed by atoms with Crippen molar-refractivity contribution < 1.29 is 23.1 Å². The second-order valence-electron chi connectivity index (χ2n) is 5.97. The van der Waals surface area contributed by atoms with Crippen LogP contribution in [-0.2, 0) is 21.4 Å². The molecule has 0 aliphatic carbocycles. The first-order valence-electron chi connectivity index (χ1n) is 8.27. The number of nitrogens with one attached hydrogen (secondary N) is 1. The van der Waals surface area contributed by atoms with Crippen LogP contribution in [0.15, 0.2) is 23.1 Å². The van der Waals surface area contributed by atoms with E-state index >= 15 is 0 Å². The standard InChI is InChI=1S/C18H21F2N3O3S/c1-10-17(11(2)23(4)22-10)21-18(25)12(3)26-16(24)7-8-27-13-5-6-14(19)15(20)9-13/h5-6,9,12H,7-8H2,1-4H3,(H,21,25)/t12-/m1/s1. The lowest BCUT2D eigenvalue weighted by molar-refractivity contribution is -0.152. The van der Waals surface area contributed by atoms with Crippen LogP contribution in [0.25, 0.3) is 0 Å². The van der Waals surface area contributed by atoms with Gasteiger partial charge in [0.05, 0.1) is 23.5 Å². The Balaban J connectivity index is 1.80. The Morgan fingerprint density at radius 3 is 2.59 bits per heavy atom. The normalized spacial score (nSPS) is 11.9. The van der Waals surface area contributed by atoms with Crippen molar-refractivity contribution in [3.8, 4) is 0 Å². The molecule has 0 spiro atoms. The lowest BCUT2D eigenvalue weighted by atomic mass is 10.3. The maximum atomic E-state index is 13.1. The minimum Gasteiger partial charge on any atom is -0.453 e. The fourth-order valence-corrected chi connectivity index (χ4v) is 3.16. The first-order chi connectivity index (χ1) is 12.7. The van der Waals surface area contributed by atoms with Crippen LogP contribution in [0.1, 0.15) is 24.7 Å². The molecule has 146 valence electrons. The minimum absolute atomic E-state index is 0.0340. The van der Waals surface area contributed by atoms with Crippen molar-refractivity contribution in [1.29, 1.82) is 0 Å². The zero-order chi connectivity index (χ0) is 20.1. The number of amides is 1. The predicted molar refractivity (Wildman–Crippen MR) is 98.6 cm³/mol. The molecule has 1 amide bonds. The third kappa shape index (κ3) is 5.53. The number of aromatic nitrogens is 2. The smallest absolute Gasteiger partial charge is 0.307 e. The fraction of sp³-hybridized carbons (Fsp3) is 0.389. The van der Waals surface area contributed by atoms with Crippen LogP contribution >= 0.6 is 11.8 Å². The van der Waals surface area contributed by atoms with Gasteiger partial charge in [0.1, 0.15) is 0 Å². The van der Waals surface area contributed by atoms with Gasteiger partial charge in [-0.3, -0.25) is 14.3 Å². The molecule has 27 heavy (non-hydrogen) atoms. The summed E-state index contributed by atoms with van der Waals surface area (Å²) in [5.41, 5.74) is 2.06. The molecule has 0 fully saturated rings. The van der Waals surface area contributed by atoms with E-state index < -0.39 is 29.6 Å². The first-order valence-corrected chi connectivity index (χ1v) is 9.26. The highest BCUT2D eigenvalue weighted by Gasteiger charge is 2.20. The third-order valence-electron chi connectivity index (χ3n) is 3.90. The van der Waals surface area contributed by atoms with E-state index in [1.165, 1.54) is 24.8 Å². The molecule has 1 heterocycles. The van der Waals surface area contributed by atoms with E-state index in [2.05, 4.69) is 10.4 Å². The van der Waals surface area contributed by atoms with Crippen molar-refractivity contribution >= 4 is 29.3 Å². The quantitative estimate of drug-likeness (QED) is 0.573. The summed E-state index contributed by atoms with van der Waals surface area (Å²) in [5.74, 6) is -2.53. The molecule has 1 aromatic carbocycles. The van der Waals surface area contributed by atoms with Gasteiger partial charge in [-0.1, -0.05) is 0 Å². The molecular formula is C18H21F2N3O3S. The molecule has 0 saturated carbocycles. The summed E-state index contributed by atoms with van der Waals surface area (Å²) in [6.07, 6.45) is -0.934. The number of hydrogen-bond donors (Lipinski definition) is 1. The zero-order valence-corrected chi connectivity index (χ0v) is 16.3. The largest absolute Gasteiger partial charge is 0.453 e. The van der Waals surface area contributed by atoms with E-state index in [1.54, 1.807) is 18.7 Å². The topological polar surface area (TPSA) is 73.2 Å². The average Bonchev–Trinajstić information content (AvgIpc) is 2.84. The highest BCUT2D eigenvalue weighted by Crippen LogP contribution is 2.22. The minimum atomic E-state index is -0.968. The summed E-state index contributed by atoms with van der Waals surface area (Å²) < 4.78 is 32.8. The molecule has 1 aromatic heterocycles. The monoisotopic (exact) mass is 397 g/mol. The van der Waals surface area contributed by atoms with Crippen LogP contribution in [0.3, 0.4) is 0 Å². The van der Waals surface area contributed by atoms with Crippen molar-refractivity contribution in [1.82, 2.24) is 9.78 Å². The summed E-state index contributed by atoms with van der Waals surface area (Å²) in [5, 5.41) is 6.92. The Morgan fingerprint density at radius 2 is 2.00 bits per heavy atom. The molecule has 0 bridgehead atoms. The van der Waals surface area contributed by atoms with E-state index in [1.807, 2.05) is 6.92 Å². The number of nitrogens with zero attached hydrogens (tertiary/aromatic N) is 2. The number of benzene rings is 1. The number of hydrogen-bond acceptors (Lipinski definition) is 5. The Morgan fingerprint density at radius 1 is 1.30 bits per heavy atom. The van der Waals surface area contributed by atoms with Gasteiger partial charge in [-0.2, -0.15) is 5.10 Å². The first kappa shape index (κ1) is 20.9. The van der Waals surface area contributed by atoms with E-state index in [-0.39, 0.29) is 6.42 Å². The maximum absolute atomic E-state index is 13.1. The van der Waals surface area contributed by atoms with Gasteiger partial charge in [-0.05, 0) is 39.0 Å². The van der Waals surface area contributed by atoms with Gasteiger partial charge >= 0.3 is 5.97 Å². The fourth-order valence-electron chi connectivity index (χ4n) is 2.31. The molecule has 0 aliphatic heterocycles. The van der Waals surface area contributed by atoms with Gasteiger partial charge < -0.3 is 10.1 Å². The molecule has 0 saturated heterocycles. The number of ether oxygens (including phenoxy) is 1. The predicted octanol–water partition coefficient (Wildman–Crippen LogP) is 3.37. The van der Waals surface area contributed by atoms with Crippen LogP contribution in [0.2, 0.25) is 0 Å². The van der Waals surface area contributed by atoms with Crippen molar-refractivity contribution in [3.05, 3.63) is 41.2 Å². The Bertz CT molecular complexity index is 855. The maximum Gasteiger partial charge on any atom is 0.307 e. The number of aryl methyl sites for hydroxylation is 2. The third-order valence-corrected chi connectivity index (χ3v) is 4.90. The van der Waals surface area contributed by atoms with Crippen LogP contribution in [0, 0.1) is 25.5 Å². The van der Waals surface area contributed by atoms with E-state index in [0.717, 1.165) is 17.8 Å². The Labute approximate surface area is 160 Å². The molecule has 6 nitrogen and oxygen atoms in total. The van der Waals surface area contributed by atoms with Crippen LogP contribution in [0.4, 0.5) is 14.5 Å². The lowest BCUT2D eigenvalue weighted by Crippen LogP contribution is -2.30. The van der Waals surface area contributed by atoms with Crippen molar-refractivity contribution in [2.75, 3.05) is 11.1 Å². The summed E-state index contributed by atoms with van der Waals surface area (Å²) in [6, 6.07) is 3.54. The second kappa shape index (κ2) is 8.98. The number of anilines is 1. The van der Waals surface area contributed by atoms with Crippen LogP contribution in [-0.4, -0.2) is 33.5 Å². The summed E-state index contributed by atoms with van der Waals surface area (Å²) in [7, 11) is 1.77. The van der Waals surface area contributed by atoms with E-state index in [0.29, 0.717) is 22.0 Å². The lowest BCUT2D eigenvalue weighted by Gasteiger charge is -2.13. The summed E-state index contributed by atoms with van der Waals surface area (Å²) in [4.78, 5) is 24.6. The molecule has 9 heteroatoms. The number of thioether (sulfide) groups is 1. The molecule has 2 rings (SSSR count). The molecule has 0 unspecified atom stereocenters. The highest BCUT2D eigenvalue weighted by molar-refractivity contribution is 7.99. The SMILES string of the molecule is Cc1nn(C)c(C)c1NC(=O)[C@@H](C)OC(=O)CCSc1ccc(F)c(F)c1. The summed E-state index contributed by atoms with van der Waals surface area (Å²) >= 11 is 1.20. The van der Waals surface area contributed by atoms with Gasteiger partial charge in [0.2, 0.25) is 0 Å². The number of carbonyl (C=O) groups is 2. The van der Waals surface area contributed by atoms with Crippen molar-refractivity contribution in [2.45, 2.75) is 38.2 Å². The number of rotatable bonds is 7. The number of halogens is 2. The molecular weight excluding hydrogens is 376 g/mol. The number of esters is 1. The Kier molecular flexibility index (Phi) is 6.95. The van der Waals surface area contributed by atoms with Gasteiger partial charge in [0.15, 0.2) is 17.7 Å². The van der Waals surface area contributed by atoms with Crippen molar-refractivity contribution in [3.63, 3.8) is 0 Å². The van der Waals surface area contributed by atoms with Gasteiger partial charge in [0.25, 0.3) is 5.91 Å². The average molecular weight is 397 g/mol. The highest BCUT2D eigenvalue weighted by atomic mass is 32.2. The van der Waals surface area contributed by atoms with E-state index in [4.69, 9.17) is 4.74 Å². The van der Waals surface area contributed by atoms with Crippen LogP contribution < -0.4 is 5.32 Å². The zero-order valence-electron chi connectivity index (χ0n) is 15.5. The number of carbonyl (C=O) groups excluding carboxylic acids is 2. The molecule has 2 aromatic rings. The molecule has 1 atom stereocenters. The molecule has 0 radical (unpaired) electrons. The Hall–Kier alpha value is -2.42. The van der Waals surface area contributed by atoms with Crippen LogP contribution in [0.5, 0.6) is 0 Å². The van der Waals surface area contributed by atoms with Gasteiger partial charge in [-0.15, -0.1) is 11.8 Å². The molecule has 1 N–H and O–H groups in total. The summed E-state index contributed by atoms with van der Waals surface area (Å²) in [6.45, 7) is 5.08. The van der Waals surface area contributed by atoms with Gasteiger partial charge in [-0.25, -0.2) is 8.78 Å². The molecule has 0 aliphatic rings.